The second-order valence-electron chi connectivity index (χ2n) is 5.63. The summed E-state index contributed by atoms with van der Waals surface area (Å²) >= 11 is 0. The molecule has 3 heterocycles. The van der Waals surface area contributed by atoms with E-state index in [1.807, 2.05) is 36.4 Å². The fourth-order valence-electron chi connectivity index (χ4n) is 2.76. The molecule has 0 radical (unpaired) electrons. The molecule has 1 aliphatic rings. The summed E-state index contributed by atoms with van der Waals surface area (Å²) < 4.78 is 0. The summed E-state index contributed by atoms with van der Waals surface area (Å²) in [5.41, 5.74) is 9.18. The van der Waals surface area contributed by atoms with Gasteiger partial charge in [-0.25, -0.2) is 15.8 Å². The molecule has 0 spiro atoms. The van der Waals surface area contributed by atoms with E-state index in [0.717, 1.165) is 17.5 Å². The molecule has 2 atom stereocenters. The van der Waals surface area contributed by atoms with Crippen molar-refractivity contribution >= 4 is 16.9 Å². The fourth-order valence-corrected chi connectivity index (χ4v) is 2.76. The van der Waals surface area contributed by atoms with Gasteiger partial charge in [-0.1, -0.05) is 12.1 Å². The smallest absolute Gasteiger partial charge is 0.272 e. The van der Waals surface area contributed by atoms with Gasteiger partial charge in [0.2, 0.25) is 0 Å². The fraction of sp³-hybridized carbons (Fsp3) is 0.176. The second kappa shape index (κ2) is 6.31. The first-order chi connectivity index (χ1) is 11.8. The number of para-hydroxylation sites is 2. The lowest BCUT2D eigenvalue weighted by Crippen LogP contribution is -2.44. The topological polar surface area (TPSA) is 91.8 Å². The van der Waals surface area contributed by atoms with E-state index < -0.39 is 0 Å². The van der Waals surface area contributed by atoms with Crippen LogP contribution in [0.5, 0.6) is 0 Å². The van der Waals surface area contributed by atoms with Crippen molar-refractivity contribution < 1.29 is 4.79 Å². The van der Waals surface area contributed by atoms with Crippen LogP contribution in [0, 0.1) is 0 Å². The zero-order chi connectivity index (χ0) is 16.4. The lowest BCUT2D eigenvalue weighted by molar-refractivity contribution is 0.0927. The summed E-state index contributed by atoms with van der Waals surface area (Å²) in [4.78, 5) is 25.0. The van der Waals surface area contributed by atoms with Gasteiger partial charge in [0, 0.05) is 24.9 Å². The van der Waals surface area contributed by atoms with E-state index in [0.29, 0.717) is 11.2 Å². The Bertz CT molecular complexity index is 869. The molecule has 1 aliphatic heterocycles. The van der Waals surface area contributed by atoms with E-state index in [1.165, 1.54) is 6.20 Å². The van der Waals surface area contributed by atoms with Crippen molar-refractivity contribution in [3.63, 3.8) is 0 Å². The van der Waals surface area contributed by atoms with Crippen molar-refractivity contribution in [3.8, 4) is 0 Å². The lowest BCUT2D eigenvalue weighted by atomic mass is 10.1. The van der Waals surface area contributed by atoms with Crippen molar-refractivity contribution in [2.45, 2.75) is 18.6 Å². The number of amides is 1. The van der Waals surface area contributed by atoms with E-state index in [-0.39, 0.29) is 18.1 Å². The summed E-state index contributed by atoms with van der Waals surface area (Å²) in [5, 5.41) is 2.93. The molecule has 120 valence electrons. The number of carbonyl (C=O) groups is 1. The predicted octanol–water partition coefficient (Wildman–Crippen LogP) is 1.32. The molecule has 2 unspecified atom stereocenters. The molecule has 1 aromatic carbocycles. The Balaban J connectivity index is 1.44. The number of pyridine rings is 1. The van der Waals surface area contributed by atoms with Gasteiger partial charge in [0.25, 0.3) is 5.91 Å². The summed E-state index contributed by atoms with van der Waals surface area (Å²) in [7, 11) is 0. The number of rotatable bonds is 3. The Morgan fingerprint density at radius 3 is 2.71 bits per heavy atom. The van der Waals surface area contributed by atoms with Gasteiger partial charge in [0.05, 0.1) is 23.4 Å². The molecule has 4 rings (SSSR count). The Morgan fingerprint density at radius 2 is 1.88 bits per heavy atom. The number of hydrogen-bond donors (Lipinski definition) is 3. The number of nitrogens with zero attached hydrogens (tertiary/aromatic N) is 3. The Labute approximate surface area is 138 Å². The number of benzene rings is 1. The lowest BCUT2D eigenvalue weighted by Gasteiger charge is -2.12. The monoisotopic (exact) mass is 320 g/mol. The third kappa shape index (κ3) is 2.94. The average molecular weight is 320 g/mol. The van der Waals surface area contributed by atoms with Gasteiger partial charge in [-0.3, -0.25) is 14.8 Å². The van der Waals surface area contributed by atoms with Gasteiger partial charge in [0.15, 0.2) is 0 Å². The van der Waals surface area contributed by atoms with Crippen LogP contribution in [0.15, 0.2) is 55.0 Å². The molecule has 1 fully saturated rings. The molecule has 3 N–H and O–H groups in total. The average Bonchev–Trinajstić information content (AvgIpc) is 3.10. The Hall–Kier alpha value is -2.90. The van der Waals surface area contributed by atoms with Crippen molar-refractivity contribution in [2.75, 3.05) is 0 Å². The summed E-state index contributed by atoms with van der Waals surface area (Å²) in [5.74, 6) is -0.247. The number of aromatic nitrogens is 3. The number of nitrogens with one attached hydrogen (secondary N) is 3. The van der Waals surface area contributed by atoms with Crippen LogP contribution in [0.3, 0.4) is 0 Å². The van der Waals surface area contributed by atoms with Crippen molar-refractivity contribution in [3.05, 3.63) is 66.2 Å². The van der Waals surface area contributed by atoms with Crippen LogP contribution in [-0.4, -0.2) is 27.0 Å². The van der Waals surface area contributed by atoms with Crippen LogP contribution < -0.4 is 16.2 Å². The van der Waals surface area contributed by atoms with Gasteiger partial charge in [-0.15, -0.1) is 0 Å². The molecule has 0 aliphatic carbocycles. The minimum atomic E-state index is -0.247. The molecule has 1 saturated heterocycles. The van der Waals surface area contributed by atoms with E-state index in [1.54, 1.807) is 12.4 Å². The SMILES string of the molecule is O=C(NC1CC(c2ccncc2)NN1)c1cnc2ccccc2n1. The molecule has 0 bridgehead atoms. The molecule has 7 nitrogen and oxygen atoms in total. The van der Waals surface area contributed by atoms with Gasteiger partial charge in [0.1, 0.15) is 5.69 Å². The summed E-state index contributed by atoms with van der Waals surface area (Å²) in [6.07, 6.45) is 5.57. The Kier molecular flexibility index (Phi) is 3.86. The molecule has 0 saturated carbocycles. The number of hydrazine groups is 1. The Morgan fingerprint density at radius 1 is 1.08 bits per heavy atom. The van der Waals surface area contributed by atoms with E-state index >= 15 is 0 Å². The first-order valence-corrected chi connectivity index (χ1v) is 7.73. The minimum Gasteiger partial charge on any atom is -0.334 e. The first kappa shape index (κ1) is 14.7. The molecule has 24 heavy (non-hydrogen) atoms. The van der Waals surface area contributed by atoms with Gasteiger partial charge in [-0.2, -0.15) is 0 Å². The zero-order valence-corrected chi connectivity index (χ0v) is 12.8. The number of carbonyl (C=O) groups excluding carboxylic acids is 1. The molecular formula is C17H16N6O. The summed E-state index contributed by atoms with van der Waals surface area (Å²) in [6.45, 7) is 0. The van der Waals surface area contributed by atoms with Gasteiger partial charge in [-0.05, 0) is 29.8 Å². The third-order valence-corrected chi connectivity index (χ3v) is 4.00. The molecule has 1 amide bonds. The van der Waals surface area contributed by atoms with Crippen molar-refractivity contribution in [2.24, 2.45) is 0 Å². The standard InChI is InChI=1S/C17H16N6O/c24-17(15-10-19-12-3-1-2-4-13(12)20-15)21-16-9-14(22-23-16)11-5-7-18-8-6-11/h1-8,10,14,16,22-23H,9H2,(H,21,24). The molecular weight excluding hydrogens is 304 g/mol. The maximum absolute atomic E-state index is 12.4. The highest BCUT2D eigenvalue weighted by molar-refractivity contribution is 5.93. The van der Waals surface area contributed by atoms with Crippen LogP contribution in [0.1, 0.15) is 28.5 Å². The van der Waals surface area contributed by atoms with Crippen molar-refractivity contribution in [1.29, 1.82) is 0 Å². The van der Waals surface area contributed by atoms with Crippen LogP contribution >= 0.6 is 0 Å². The van der Waals surface area contributed by atoms with Crippen LogP contribution in [0.4, 0.5) is 0 Å². The van der Waals surface area contributed by atoms with E-state index in [2.05, 4.69) is 31.1 Å². The number of hydrogen-bond acceptors (Lipinski definition) is 6. The molecule has 7 heteroatoms. The molecule has 3 aromatic rings. The summed E-state index contributed by atoms with van der Waals surface area (Å²) in [6, 6.07) is 11.5. The van der Waals surface area contributed by atoms with Crippen molar-refractivity contribution in [1.82, 2.24) is 31.1 Å². The largest absolute Gasteiger partial charge is 0.334 e. The maximum atomic E-state index is 12.4. The van der Waals surface area contributed by atoms with E-state index in [4.69, 9.17) is 0 Å². The van der Waals surface area contributed by atoms with Gasteiger partial charge < -0.3 is 5.32 Å². The zero-order valence-electron chi connectivity index (χ0n) is 12.8. The van der Waals surface area contributed by atoms with E-state index in [9.17, 15) is 4.79 Å². The van der Waals surface area contributed by atoms with Gasteiger partial charge >= 0.3 is 0 Å². The highest BCUT2D eigenvalue weighted by Gasteiger charge is 2.26. The molecule has 2 aromatic heterocycles. The predicted molar refractivity (Wildman–Crippen MR) is 88.7 cm³/mol. The second-order valence-corrected chi connectivity index (χ2v) is 5.63. The quantitative estimate of drug-likeness (QED) is 0.674. The minimum absolute atomic E-state index is 0.126. The van der Waals surface area contributed by atoms with Crippen LogP contribution in [0.2, 0.25) is 0 Å². The number of fused-ring (bicyclic) bond motifs is 1. The van der Waals surface area contributed by atoms with Crippen LogP contribution in [-0.2, 0) is 0 Å². The third-order valence-electron chi connectivity index (χ3n) is 4.00. The normalized spacial score (nSPS) is 20.2. The maximum Gasteiger partial charge on any atom is 0.272 e. The van der Waals surface area contributed by atoms with Crippen LogP contribution in [0.25, 0.3) is 11.0 Å². The highest BCUT2D eigenvalue weighted by Crippen LogP contribution is 2.20. The first-order valence-electron chi connectivity index (χ1n) is 7.73. The highest BCUT2D eigenvalue weighted by atomic mass is 16.2.